The Bertz CT molecular complexity index is 1210. The summed E-state index contributed by atoms with van der Waals surface area (Å²) in [6, 6.07) is 19.1. The van der Waals surface area contributed by atoms with Gasteiger partial charge in [-0.05, 0) is 75.1 Å². The van der Waals surface area contributed by atoms with Gasteiger partial charge in [-0.25, -0.2) is 4.39 Å². The zero-order chi connectivity index (χ0) is 25.9. The summed E-state index contributed by atoms with van der Waals surface area (Å²) in [7, 11) is 1.04. The van der Waals surface area contributed by atoms with Crippen LogP contribution < -0.4 is 15.5 Å². The van der Waals surface area contributed by atoms with Crippen molar-refractivity contribution in [3.63, 3.8) is 0 Å². The SMILES string of the molecule is COc1ccc(COCc2ccc(NC(=O)c3cccc(B4OC(C)(C)C(C)(C)O4)c3)cc2F)cc1. The third-order valence-corrected chi connectivity index (χ3v) is 6.67. The van der Waals surface area contributed by atoms with E-state index in [0.29, 0.717) is 23.4 Å². The van der Waals surface area contributed by atoms with E-state index in [1.807, 2.05) is 58.0 Å². The second-order valence-corrected chi connectivity index (χ2v) is 9.81. The first-order valence-corrected chi connectivity index (χ1v) is 11.8. The molecule has 188 valence electrons. The van der Waals surface area contributed by atoms with Gasteiger partial charge in [0.15, 0.2) is 0 Å². The molecule has 36 heavy (non-hydrogen) atoms. The van der Waals surface area contributed by atoms with Gasteiger partial charge in [-0.2, -0.15) is 0 Å². The van der Waals surface area contributed by atoms with E-state index in [2.05, 4.69) is 5.32 Å². The van der Waals surface area contributed by atoms with Gasteiger partial charge in [0.1, 0.15) is 11.6 Å². The average Bonchev–Trinajstić information content (AvgIpc) is 3.07. The van der Waals surface area contributed by atoms with Crippen molar-refractivity contribution in [3.8, 4) is 5.75 Å². The predicted molar refractivity (Wildman–Crippen MR) is 138 cm³/mol. The largest absolute Gasteiger partial charge is 0.497 e. The molecule has 6 nitrogen and oxygen atoms in total. The van der Waals surface area contributed by atoms with E-state index < -0.39 is 24.1 Å². The summed E-state index contributed by atoms with van der Waals surface area (Å²) in [6.07, 6.45) is 0. The second-order valence-electron chi connectivity index (χ2n) is 9.81. The van der Waals surface area contributed by atoms with Gasteiger partial charge in [0.05, 0.1) is 31.5 Å². The Morgan fingerprint density at radius 3 is 2.28 bits per heavy atom. The topological polar surface area (TPSA) is 66.0 Å². The van der Waals surface area contributed by atoms with E-state index in [9.17, 15) is 9.18 Å². The molecule has 0 radical (unpaired) electrons. The molecule has 3 aromatic rings. The molecule has 8 heteroatoms. The third-order valence-electron chi connectivity index (χ3n) is 6.67. The van der Waals surface area contributed by atoms with Gasteiger partial charge >= 0.3 is 7.12 Å². The molecule has 0 aliphatic carbocycles. The van der Waals surface area contributed by atoms with Gasteiger partial charge in [0, 0.05) is 16.8 Å². The van der Waals surface area contributed by atoms with Crippen LogP contribution in [-0.2, 0) is 27.3 Å². The summed E-state index contributed by atoms with van der Waals surface area (Å²) in [5, 5.41) is 2.76. The molecular weight excluding hydrogens is 460 g/mol. The normalized spacial score (nSPS) is 16.1. The van der Waals surface area contributed by atoms with Crippen molar-refractivity contribution >= 4 is 24.2 Å². The van der Waals surface area contributed by atoms with E-state index in [4.69, 9.17) is 18.8 Å². The van der Waals surface area contributed by atoms with E-state index in [1.54, 1.807) is 37.4 Å². The van der Waals surface area contributed by atoms with Crippen LogP contribution in [0, 0.1) is 5.82 Å². The molecular formula is C28H31BFNO5. The number of halogens is 1. The molecule has 1 amide bonds. The zero-order valence-electron chi connectivity index (χ0n) is 21.3. The highest BCUT2D eigenvalue weighted by Crippen LogP contribution is 2.36. The highest BCUT2D eigenvalue weighted by atomic mass is 19.1. The van der Waals surface area contributed by atoms with Crippen LogP contribution in [0.2, 0.25) is 0 Å². The smallest absolute Gasteiger partial charge is 0.494 e. The Labute approximate surface area is 211 Å². The standard InChI is InChI=1S/C28H31BFNO5/c1-27(2)28(3,4)36-29(35-27)22-8-6-7-20(15-22)26(32)31-23-12-11-21(25(30)16-23)18-34-17-19-9-13-24(33-5)14-10-19/h6-16H,17-18H2,1-5H3,(H,31,32). The lowest BCUT2D eigenvalue weighted by Gasteiger charge is -2.32. The van der Waals surface area contributed by atoms with Crippen molar-refractivity contribution in [3.05, 3.63) is 89.2 Å². The van der Waals surface area contributed by atoms with Crippen molar-refractivity contribution in [1.29, 1.82) is 0 Å². The second kappa shape index (κ2) is 10.4. The molecule has 0 aromatic heterocycles. The minimum atomic E-state index is -0.572. The van der Waals surface area contributed by atoms with Gasteiger partial charge in [0.2, 0.25) is 0 Å². The Morgan fingerprint density at radius 1 is 0.944 bits per heavy atom. The van der Waals surface area contributed by atoms with E-state index in [-0.39, 0.29) is 12.5 Å². The minimum Gasteiger partial charge on any atom is -0.497 e. The number of nitrogens with one attached hydrogen (secondary N) is 1. The lowest BCUT2D eigenvalue weighted by molar-refractivity contribution is 0.00578. The number of hydrogen-bond acceptors (Lipinski definition) is 5. The number of benzene rings is 3. The number of rotatable bonds is 8. The summed E-state index contributed by atoms with van der Waals surface area (Å²) in [6.45, 7) is 8.37. The summed E-state index contributed by atoms with van der Waals surface area (Å²) in [5.41, 5.74) is 1.94. The molecule has 0 atom stereocenters. The fourth-order valence-corrected chi connectivity index (χ4v) is 3.75. The Morgan fingerprint density at radius 2 is 1.64 bits per heavy atom. The molecule has 0 bridgehead atoms. The number of ether oxygens (including phenoxy) is 2. The molecule has 0 saturated carbocycles. The first kappa shape index (κ1) is 25.9. The molecule has 1 N–H and O–H groups in total. The van der Waals surface area contributed by atoms with E-state index >= 15 is 0 Å². The summed E-state index contributed by atoms with van der Waals surface area (Å²) in [4.78, 5) is 12.9. The molecule has 0 spiro atoms. The first-order chi connectivity index (χ1) is 17.1. The summed E-state index contributed by atoms with van der Waals surface area (Å²) >= 11 is 0. The van der Waals surface area contributed by atoms with Gasteiger partial charge in [0.25, 0.3) is 5.91 Å². The number of carbonyl (C=O) groups excluding carboxylic acids is 1. The zero-order valence-corrected chi connectivity index (χ0v) is 21.3. The molecule has 1 aliphatic heterocycles. The van der Waals surface area contributed by atoms with Crippen LogP contribution in [0.25, 0.3) is 0 Å². The fraction of sp³-hybridized carbons (Fsp3) is 0.321. The maximum absolute atomic E-state index is 14.7. The third kappa shape index (κ3) is 5.78. The van der Waals surface area contributed by atoms with Crippen molar-refractivity contribution in [1.82, 2.24) is 0 Å². The van der Waals surface area contributed by atoms with Crippen LogP contribution >= 0.6 is 0 Å². The lowest BCUT2D eigenvalue weighted by Crippen LogP contribution is -2.41. The minimum absolute atomic E-state index is 0.113. The molecule has 0 unspecified atom stereocenters. The quantitative estimate of drug-likeness (QED) is 0.444. The Balaban J connectivity index is 1.36. The Hall–Kier alpha value is -3.20. The molecule has 1 heterocycles. The van der Waals surface area contributed by atoms with Crippen LogP contribution in [0.4, 0.5) is 10.1 Å². The molecule has 1 saturated heterocycles. The molecule has 1 fully saturated rings. The maximum Gasteiger partial charge on any atom is 0.494 e. The van der Waals surface area contributed by atoms with Crippen LogP contribution in [0.15, 0.2) is 66.7 Å². The summed E-state index contributed by atoms with van der Waals surface area (Å²) in [5.74, 6) is -0.0352. The molecule has 3 aromatic carbocycles. The number of anilines is 1. The Kier molecular flexibility index (Phi) is 7.50. The highest BCUT2D eigenvalue weighted by molar-refractivity contribution is 6.62. The highest BCUT2D eigenvalue weighted by Gasteiger charge is 2.51. The number of hydrogen-bond donors (Lipinski definition) is 1. The van der Waals surface area contributed by atoms with Crippen molar-refractivity contribution in [2.45, 2.75) is 52.1 Å². The lowest BCUT2D eigenvalue weighted by atomic mass is 9.78. The van der Waals surface area contributed by atoms with Gasteiger partial charge in [-0.3, -0.25) is 4.79 Å². The number of carbonyl (C=O) groups is 1. The van der Waals surface area contributed by atoms with Gasteiger partial charge in [-0.1, -0.05) is 30.3 Å². The van der Waals surface area contributed by atoms with Crippen molar-refractivity contribution in [2.24, 2.45) is 0 Å². The van der Waals surface area contributed by atoms with Crippen molar-refractivity contribution < 1.29 is 28.0 Å². The molecule has 4 rings (SSSR count). The van der Waals surface area contributed by atoms with E-state index in [1.165, 1.54) is 6.07 Å². The number of methoxy groups -OCH3 is 1. The molecule has 1 aliphatic rings. The van der Waals surface area contributed by atoms with Crippen molar-refractivity contribution in [2.75, 3.05) is 12.4 Å². The fourth-order valence-electron chi connectivity index (χ4n) is 3.75. The van der Waals surface area contributed by atoms with E-state index in [0.717, 1.165) is 16.8 Å². The van der Waals surface area contributed by atoms with Crippen LogP contribution in [0.1, 0.15) is 49.2 Å². The predicted octanol–water partition coefficient (Wildman–Crippen LogP) is 5.10. The van der Waals surface area contributed by atoms with Crippen LogP contribution in [0.5, 0.6) is 5.75 Å². The van der Waals surface area contributed by atoms with Crippen LogP contribution in [0.3, 0.4) is 0 Å². The summed E-state index contributed by atoms with van der Waals surface area (Å²) < 4.78 is 37.6. The first-order valence-electron chi connectivity index (χ1n) is 11.8. The maximum atomic E-state index is 14.7. The van der Waals surface area contributed by atoms with Crippen LogP contribution in [-0.4, -0.2) is 31.3 Å². The number of amides is 1. The monoisotopic (exact) mass is 491 g/mol. The average molecular weight is 491 g/mol. The van der Waals surface area contributed by atoms with Gasteiger partial charge in [-0.15, -0.1) is 0 Å². The van der Waals surface area contributed by atoms with Gasteiger partial charge < -0.3 is 24.1 Å².